The van der Waals surface area contributed by atoms with Crippen LogP contribution in [0, 0.1) is 36.3 Å². The van der Waals surface area contributed by atoms with E-state index in [9.17, 15) is 13.8 Å². The normalized spacial score (nSPS) is 22.0. The number of hydrogen-bond donors (Lipinski definition) is 2. The molecule has 4 aliphatic rings. The lowest BCUT2D eigenvalue weighted by Gasteiger charge is -2.34. The van der Waals surface area contributed by atoms with Gasteiger partial charge in [0.15, 0.2) is 5.82 Å². The minimum atomic E-state index is -2.96. The summed E-state index contributed by atoms with van der Waals surface area (Å²) < 4.78 is 54.3. The molecular formula is C48H50FN9O6S. The van der Waals surface area contributed by atoms with Crippen LogP contribution in [0.15, 0.2) is 92.1 Å². The van der Waals surface area contributed by atoms with Gasteiger partial charge in [-0.2, -0.15) is 5.10 Å². The van der Waals surface area contributed by atoms with Crippen LogP contribution < -0.4 is 11.4 Å². The number of amides is 1. The Bertz CT molecular complexity index is 3270. The average molecular weight is 900 g/mol. The van der Waals surface area contributed by atoms with Gasteiger partial charge in [-0.1, -0.05) is 18.1 Å². The van der Waals surface area contributed by atoms with Crippen LogP contribution in [0.25, 0.3) is 28.1 Å². The lowest BCUT2D eigenvalue weighted by atomic mass is 9.91. The van der Waals surface area contributed by atoms with Crippen molar-refractivity contribution in [2.75, 3.05) is 25.5 Å². The fourth-order valence-electron chi connectivity index (χ4n) is 10.5. The molecule has 1 saturated heterocycles. The summed E-state index contributed by atoms with van der Waals surface area (Å²) in [6.45, 7) is 9.11. The minimum absolute atomic E-state index is 0.0179. The first-order valence-corrected chi connectivity index (χ1v) is 24.1. The quantitative estimate of drug-likeness (QED) is 0.142. The molecule has 1 unspecified atom stereocenters. The number of rotatable bonds is 10. The number of benzene rings is 3. The minimum Gasteiger partial charge on any atom is -0.381 e. The van der Waals surface area contributed by atoms with Gasteiger partial charge in [-0.25, -0.2) is 27.6 Å². The molecular weight excluding hydrogens is 850 g/mol. The lowest BCUT2D eigenvalue weighted by molar-refractivity contribution is 0.0663. The van der Waals surface area contributed by atoms with Crippen LogP contribution >= 0.6 is 0 Å². The van der Waals surface area contributed by atoms with E-state index < -0.39 is 32.8 Å². The number of fused-ring (bicyclic) bond motifs is 2. The van der Waals surface area contributed by atoms with Crippen molar-refractivity contribution in [2.45, 2.75) is 88.6 Å². The number of carbonyl (C=O) groups excluding carboxylic acids is 1. The second kappa shape index (κ2) is 15.1. The predicted octanol–water partition coefficient (Wildman–Crippen LogP) is 7.45. The van der Waals surface area contributed by atoms with E-state index in [0.717, 1.165) is 36.6 Å². The number of carbonyl (C=O) groups is 1. The summed E-state index contributed by atoms with van der Waals surface area (Å²) >= 11 is 0. The van der Waals surface area contributed by atoms with E-state index in [1.807, 2.05) is 22.5 Å². The molecule has 6 heterocycles. The maximum atomic E-state index is 15.5. The smallest absolute Gasteiger partial charge is 0.381 e. The molecule has 0 bridgehead atoms. The molecule has 4 atom stereocenters. The first-order chi connectivity index (χ1) is 31.2. The van der Waals surface area contributed by atoms with E-state index >= 15 is 9.18 Å². The summed E-state index contributed by atoms with van der Waals surface area (Å²) in [5.74, 6) is 0.555. The number of aromatic amines is 1. The number of halogens is 1. The van der Waals surface area contributed by atoms with Gasteiger partial charge in [-0.15, -0.1) is 0 Å². The highest BCUT2D eigenvalue weighted by molar-refractivity contribution is 7.92. The van der Waals surface area contributed by atoms with E-state index in [1.165, 1.54) is 14.7 Å². The van der Waals surface area contributed by atoms with Gasteiger partial charge in [-0.3, -0.25) is 23.4 Å². The summed E-state index contributed by atoms with van der Waals surface area (Å²) in [4.78, 5) is 47.6. The zero-order valence-electron chi connectivity index (χ0n) is 36.7. The highest BCUT2D eigenvalue weighted by atomic mass is 32.2. The third-order valence-electron chi connectivity index (χ3n) is 14.3. The monoisotopic (exact) mass is 899 g/mol. The first-order valence-electron chi connectivity index (χ1n) is 22.4. The van der Waals surface area contributed by atoms with Crippen molar-refractivity contribution in [3.63, 3.8) is 0 Å². The number of imidazole rings is 1. The molecule has 17 heteroatoms. The Balaban J connectivity index is 1.03. The molecule has 2 aliphatic carbocycles. The molecule has 0 radical (unpaired) electrons. The molecule has 336 valence electrons. The molecule has 2 saturated carbocycles. The Morgan fingerprint density at radius 2 is 1.66 bits per heavy atom. The second-order valence-corrected chi connectivity index (χ2v) is 20.7. The molecule has 65 heavy (non-hydrogen) atoms. The molecule has 7 aromatic rings. The van der Waals surface area contributed by atoms with Crippen LogP contribution in [0.3, 0.4) is 0 Å². The van der Waals surface area contributed by atoms with Crippen molar-refractivity contribution in [3.8, 4) is 17.2 Å². The van der Waals surface area contributed by atoms with Gasteiger partial charge in [0.1, 0.15) is 22.9 Å². The number of nitrogens with zero attached hydrogens (tertiary/aromatic N) is 7. The fourth-order valence-corrected chi connectivity index (χ4v) is 12.3. The van der Waals surface area contributed by atoms with Crippen molar-refractivity contribution in [3.05, 3.63) is 139 Å². The van der Waals surface area contributed by atoms with Gasteiger partial charge in [0, 0.05) is 65.7 Å². The SMILES string of the molecule is Cc1cc(-n2nc3c(c2-n2ccn(-c4ccc(S(=N)(=O)CC5CC5)cc4)c2=O)[C@H](C)N(C(=O)c2cc4cc(C5CCOCC5)ccc4n2[C@@]2(c4noc(=O)[nH]4)C[C@@H]2C)CC3)cc(C)c1F. The number of aryl methyl sites for hydroxylation is 2. The van der Waals surface area contributed by atoms with Gasteiger partial charge in [0.25, 0.3) is 5.91 Å². The van der Waals surface area contributed by atoms with Crippen LogP contribution in [0.5, 0.6) is 0 Å². The lowest BCUT2D eigenvalue weighted by Crippen LogP contribution is -2.41. The summed E-state index contributed by atoms with van der Waals surface area (Å²) in [7, 11) is -2.96. The highest BCUT2D eigenvalue weighted by Crippen LogP contribution is 2.56. The van der Waals surface area contributed by atoms with E-state index in [4.69, 9.17) is 19.1 Å². The molecule has 1 amide bonds. The highest BCUT2D eigenvalue weighted by Gasteiger charge is 2.59. The van der Waals surface area contributed by atoms with E-state index in [1.54, 1.807) is 67.3 Å². The molecule has 2 N–H and O–H groups in total. The Kier molecular flexibility index (Phi) is 9.63. The van der Waals surface area contributed by atoms with Crippen molar-refractivity contribution >= 4 is 26.5 Å². The summed E-state index contributed by atoms with van der Waals surface area (Å²) in [5, 5.41) is 10.2. The van der Waals surface area contributed by atoms with Crippen molar-refractivity contribution in [2.24, 2.45) is 11.8 Å². The summed E-state index contributed by atoms with van der Waals surface area (Å²) in [6.07, 6.45) is 8.12. The van der Waals surface area contributed by atoms with E-state index in [2.05, 4.69) is 35.3 Å². The Morgan fingerprint density at radius 1 is 0.954 bits per heavy atom. The van der Waals surface area contributed by atoms with Crippen LogP contribution in [-0.2, 0) is 26.4 Å². The van der Waals surface area contributed by atoms with E-state index in [0.29, 0.717) is 106 Å². The van der Waals surface area contributed by atoms with Crippen molar-refractivity contribution in [1.29, 1.82) is 4.78 Å². The molecule has 11 rings (SSSR count). The van der Waals surface area contributed by atoms with Gasteiger partial charge in [0.2, 0.25) is 0 Å². The maximum absolute atomic E-state index is 15.5. The number of hydrogen-bond acceptors (Lipinski definition) is 9. The average Bonchev–Trinajstić information content (AvgIpc) is 3.93. The molecule has 4 aromatic heterocycles. The standard InChI is InChI=1S/C48H50FN9O6S/c1-27-21-36(22-28(2)42(27)49)58-43(56-18-17-55(47(56)61)35-8-10-37(11-9-35)65(50,62)26-31-5-6-31)41-30(4)54(16-13-38(41)52-58)44(59)40-24-34-23-33(32-14-19-63-20-15-32)7-12-39(34)57(40)48(25-29(48)3)45-51-46(60)64-53-45/h7-12,17-18,21-24,29-32,50H,5-6,13-16,19-20,25-26H2,1-4H3,(H,51,53,60)/t29-,30-,48-,65?/m0/s1. The van der Waals surface area contributed by atoms with Gasteiger partial charge < -0.3 is 14.2 Å². The predicted molar refractivity (Wildman–Crippen MR) is 241 cm³/mol. The van der Waals surface area contributed by atoms with Gasteiger partial charge in [-0.05, 0) is 142 Å². The first kappa shape index (κ1) is 41.4. The molecule has 3 aromatic carbocycles. The van der Waals surface area contributed by atoms with Crippen LogP contribution in [0.4, 0.5) is 4.39 Å². The Hall–Kier alpha value is -6.33. The maximum Gasteiger partial charge on any atom is 0.438 e. The van der Waals surface area contributed by atoms with Crippen molar-refractivity contribution < 1.29 is 22.7 Å². The summed E-state index contributed by atoms with van der Waals surface area (Å²) in [6, 6.07) is 17.9. The number of H-pyrrole nitrogens is 1. The van der Waals surface area contributed by atoms with Crippen LogP contribution in [-0.4, -0.2) is 74.1 Å². The van der Waals surface area contributed by atoms with Gasteiger partial charge in [0.05, 0.1) is 32.8 Å². The summed E-state index contributed by atoms with van der Waals surface area (Å²) in [5.41, 5.74) is 4.53. The molecule has 2 aliphatic heterocycles. The van der Waals surface area contributed by atoms with Crippen LogP contribution in [0.1, 0.15) is 102 Å². The zero-order valence-corrected chi connectivity index (χ0v) is 37.5. The topological polar surface area (TPSA) is 179 Å². The Labute approximate surface area is 373 Å². The third-order valence-corrected chi connectivity index (χ3v) is 16.3. The largest absolute Gasteiger partial charge is 0.438 e. The molecule has 3 fully saturated rings. The second-order valence-electron chi connectivity index (χ2n) is 18.6. The third kappa shape index (κ3) is 6.75. The van der Waals surface area contributed by atoms with Crippen molar-refractivity contribution in [1.82, 2.24) is 38.5 Å². The van der Waals surface area contributed by atoms with Crippen LogP contribution in [0.2, 0.25) is 0 Å². The Morgan fingerprint density at radius 3 is 2.32 bits per heavy atom. The van der Waals surface area contributed by atoms with Gasteiger partial charge >= 0.3 is 11.4 Å². The number of aromatic nitrogens is 7. The number of nitrogens with one attached hydrogen (secondary N) is 2. The zero-order chi connectivity index (χ0) is 45.1. The fraction of sp³-hybridized carbons (Fsp3) is 0.396. The molecule has 15 nitrogen and oxygen atoms in total. The number of ether oxygens (including phenoxy) is 1. The molecule has 0 spiro atoms. The van der Waals surface area contributed by atoms with E-state index in [-0.39, 0.29) is 17.6 Å².